The van der Waals surface area contributed by atoms with Crippen molar-refractivity contribution in [2.45, 2.75) is 52.6 Å². The van der Waals surface area contributed by atoms with Gasteiger partial charge in [0.05, 0.1) is 12.2 Å². The number of hydrogen-bond donors (Lipinski definition) is 2. The number of nitrogens with zero attached hydrogens (tertiary/aromatic N) is 3. The van der Waals surface area contributed by atoms with E-state index in [1.165, 1.54) is 12.8 Å². The minimum Gasteiger partial charge on any atom is -0.370 e. The molecule has 2 rings (SSSR count). The zero-order valence-corrected chi connectivity index (χ0v) is 14.9. The summed E-state index contributed by atoms with van der Waals surface area (Å²) in [6, 6.07) is 10.4. The first-order chi connectivity index (χ1) is 11.6. The Hall–Kier alpha value is -2.30. The van der Waals surface area contributed by atoms with Gasteiger partial charge in [-0.3, -0.25) is 0 Å². The van der Waals surface area contributed by atoms with Crippen LogP contribution >= 0.6 is 0 Å². The van der Waals surface area contributed by atoms with Crippen LogP contribution in [0.1, 0.15) is 45.6 Å². The Bertz CT molecular complexity index is 631. The molecule has 3 N–H and O–H groups in total. The smallest absolute Gasteiger partial charge is 0.189 e. The second-order valence-corrected chi connectivity index (χ2v) is 6.65. The highest BCUT2D eigenvalue weighted by Gasteiger charge is 2.06. The number of para-hydroxylation sites is 1. The van der Waals surface area contributed by atoms with Crippen molar-refractivity contribution < 1.29 is 0 Å². The summed E-state index contributed by atoms with van der Waals surface area (Å²) < 4.78 is 1.85. The van der Waals surface area contributed by atoms with Gasteiger partial charge in [0.2, 0.25) is 0 Å². The van der Waals surface area contributed by atoms with Gasteiger partial charge in [0.15, 0.2) is 5.96 Å². The molecule has 0 radical (unpaired) electrons. The van der Waals surface area contributed by atoms with Crippen LogP contribution in [-0.4, -0.2) is 21.8 Å². The van der Waals surface area contributed by atoms with Gasteiger partial charge in [-0.05, 0) is 37.0 Å². The first kappa shape index (κ1) is 18.0. The fourth-order valence-electron chi connectivity index (χ4n) is 2.65. The van der Waals surface area contributed by atoms with E-state index in [0.29, 0.717) is 18.5 Å². The normalized spacial score (nSPS) is 13.2. The van der Waals surface area contributed by atoms with Gasteiger partial charge in [0, 0.05) is 18.4 Å². The zero-order valence-electron chi connectivity index (χ0n) is 14.9. The summed E-state index contributed by atoms with van der Waals surface area (Å²) in [5.74, 6) is 1.25. The molecule has 1 heterocycles. The number of guanidine groups is 1. The number of rotatable bonds is 8. The van der Waals surface area contributed by atoms with Crippen LogP contribution in [0.4, 0.5) is 0 Å². The summed E-state index contributed by atoms with van der Waals surface area (Å²) in [5.41, 5.74) is 8.17. The van der Waals surface area contributed by atoms with Crippen LogP contribution in [0, 0.1) is 5.92 Å². The average Bonchev–Trinajstić information content (AvgIpc) is 3.07. The number of aromatic nitrogens is 2. The molecular weight excluding hydrogens is 298 g/mol. The molecule has 24 heavy (non-hydrogen) atoms. The Kier molecular flexibility index (Phi) is 6.85. The first-order valence-corrected chi connectivity index (χ1v) is 8.70. The third kappa shape index (κ3) is 5.72. The molecule has 5 heteroatoms. The van der Waals surface area contributed by atoms with Gasteiger partial charge < -0.3 is 11.1 Å². The van der Waals surface area contributed by atoms with Crippen LogP contribution in [0.15, 0.2) is 47.7 Å². The molecule has 1 aromatic carbocycles. The monoisotopic (exact) mass is 327 g/mol. The second-order valence-electron chi connectivity index (χ2n) is 6.65. The van der Waals surface area contributed by atoms with Crippen LogP contribution in [0.5, 0.6) is 0 Å². The van der Waals surface area contributed by atoms with Crippen molar-refractivity contribution in [1.29, 1.82) is 0 Å². The lowest BCUT2D eigenvalue weighted by Crippen LogP contribution is -2.38. The molecule has 0 aliphatic rings. The topological polar surface area (TPSA) is 68.2 Å². The first-order valence-electron chi connectivity index (χ1n) is 8.70. The fourth-order valence-corrected chi connectivity index (χ4v) is 2.65. The van der Waals surface area contributed by atoms with E-state index in [1.807, 2.05) is 35.1 Å². The lowest BCUT2D eigenvalue weighted by Gasteiger charge is -2.15. The second kappa shape index (κ2) is 9.11. The van der Waals surface area contributed by atoms with Crippen LogP contribution < -0.4 is 11.1 Å². The van der Waals surface area contributed by atoms with Gasteiger partial charge in [-0.25, -0.2) is 9.67 Å². The number of nitrogens with one attached hydrogen (secondary N) is 1. The van der Waals surface area contributed by atoms with E-state index in [1.54, 1.807) is 6.20 Å². The van der Waals surface area contributed by atoms with E-state index in [2.05, 4.69) is 42.2 Å². The van der Waals surface area contributed by atoms with Gasteiger partial charge in [0.1, 0.15) is 0 Å². The Morgan fingerprint density at radius 3 is 2.71 bits per heavy atom. The zero-order chi connectivity index (χ0) is 17.4. The van der Waals surface area contributed by atoms with Crippen molar-refractivity contribution in [2.24, 2.45) is 16.6 Å². The number of benzene rings is 1. The van der Waals surface area contributed by atoms with Crippen LogP contribution in [0.25, 0.3) is 5.69 Å². The molecule has 130 valence electrons. The maximum absolute atomic E-state index is 6.04. The predicted octanol–water partition coefficient (Wildman–Crippen LogP) is 3.49. The van der Waals surface area contributed by atoms with E-state index in [0.717, 1.165) is 23.6 Å². The Balaban J connectivity index is 1.91. The van der Waals surface area contributed by atoms with Gasteiger partial charge in [-0.2, -0.15) is 5.10 Å². The lowest BCUT2D eigenvalue weighted by molar-refractivity contribution is 0.493. The molecule has 0 saturated carbocycles. The molecule has 0 bridgehead atoms. The lowest BCUT2D eigenvalue weighted by atomic mass is 10.0. The average molecular weight is 327 g/mol. The van der Waals surface area contributed by atoms with Gasteiger partial charge in [0.25, 0.3) is 0 Å². The molecule has 0 spiro atoms. The highest BCUT2D eigenvalue weighted by molar-refractivity contribution is 5.78. The molecule has 0 amide bonds. The van der Waals surface area contributed by atoms with Crippen molar-refractivity contribution in [3.8, 4) is 5.69 Å². The van der Waals surface area contributed by atoms with Gasteiger partial charge in [-0.15, -0.1) is 0 Å². The maximum Gasteiger partial charge on any atom is 0.189 e. The van der Waals surface area contributed by atoms with Crippen LogP contribution in [0.3, 0.4) is 0 Å². The standard InChI is InChI=1S/C19H29N5/c1-15(2)8-6-9-16(3)23-19(20)21-14-17-10-4-5-11-18(17)24-13-7-12-22-24/h4-5,7,10-13,15-16H,6,8-9,14H2,1-3H3,(H3,20,21,23). The number of hydrogen-bond acceptors (Lipinski definition) is 2. The van der Waals surface area contributed by atoms with E-state index in [4.69, 9.17) is 5.73 Å². The van der Waals surface area contributed by atoms with Crippen LogP contribution in [-0.2, 0) is 6.54 Å². The highest BCUT2D eigenvalue weighted by atomic mass is 15.3. The summed E-state index contributed by atoms with van der Waals surface area (Å²) >= 11 is 0. The molecule has 0 aliphatic carbocycles. The summed E-state index contributed by atoms with van der Waals surface area (Å²) in [5, 5.41) is 7.58. The van der Waals surface area contributed by atoms with Crippen molar-refractivity contribution >= 4 is 5.96 Å². The Labute approximate surface area is 145 Å². The van der Waals surface area contributed by atoms with E-state index in [9.17, 15) is 0 Å². The van der Waals surface area contributed by atoms with E-state index >= 15 is 0 Å². The summed E-state index contributed by atoms with van der Waals surface area (Å²) in [4.78, 5) is 4.49. The van der Waals surface area contributed by atoms with E-state index < -0.39 is 0 Å². The Morgan fingerprint density at radius 1 is 1.21 bits per heavy atom. The minimum atomic E-state index is 0.342. The Morgan fingerprint density at radius 2 is 2.00 bits per heavy atom. The largest absolute Gasteiger partial charge is 0.370 e. The molecule has 5 nitrogen and oxygen atoms in total. The van der Waals surface area contributed by atoms with Gasteiger partial charge in [-0.1, -0.05) is 44.9 Å². The third-order valence-corrected chi connectivity index (χ3v) is 3.98. The van der Waals surface area contributed by atoms with Gasteiger partial charge >= 0.3 is 0 Å². The quantitative estimate of drug-likeness (QED) is 0.576. The minimum absolute atomic E-state index is 0.342. The van der Waals surface area contributed by atoms with Crippen LogP contribution in [0.2, 0.25) is 0 Å². The molecule has 0 fully saturated rings. The SMILES string of the molecule is CC(C)CCCC(C)NC(N)=NCc1ccccc1-n1cccn1. The van der Waals surface area contributed by atoms with Crippen molar-refractivity contribution in [1.82, 2.24) is 15.1 Å². The van der Waals surface area contributed by atoms with E-state index in [-0.39, 0.29) is 0 Å². The summed E-state index contributed by atoms with van der Waals surface area (Å²) in [6.07, 6.45) is 7.27. The van der Waals surface area contributed by atoms with Crippen molar-refractivity contribution in [2.75, 3.05) is 0 Å². The maximum atomic E-state index is 6.04. The third-order valence-electron chi connectivity index (χ3n) is 3.98. The number of aliphatic imine (C=N–C) groups is 1. The highest BCUT2D eigenvalue weighted by Crippen LogP contribution is 2.14. The summed E-state index contributed by atoms with van der Waals surface area (Å²) in [7, 11) is 0. The molecule has 0 saturated heterocycles. The molecule has 1 unspecified atom stereocenters. The van der Waals surface area contributed by atoms with Crippen molar-refractivity contribution in [3.05, 3.63) is 48.3 Å². The number of nitrogens with two attached hydrogens (primary N) is 1. The van der Waals surface area contributed by atoms with Crippen molar-refractivity contribution in [3.63, 3.8) is 0 Å². The molecule has 2 aromatic rings. The molecular formula is C19H29N5. The summed E-state index contributed by atoms with van der Waals surface area (Å²) in [6.45, 7) is 7.20. The fraction of sp³-hybridized carbons (Fsp3) is 0.474. The molecule has 1 aromatic heterocycles. The molecule has 0 aliphatic heterocycles. The predicted molar refractivity (Wildman–Crippen MR) is 100 cm³/mol. The molecule has 1 atom stereocenters.